The molecule has 0 saturated carbocycles. The maximum absolute atomic E-state index is 4.12. The van der Waals surface area contributed by atoms with Gasteiger partial charge in [0.15, 0.2) is 0 Å². The molecule has 2 nitrogen and oxygen atoms in total. The highest BCUT2D eigenvalue weighted by atomic mass is 15.2. The zero-order valence-corrected chi connectivity index (χ0v) is 7.70. The Morgan fingerprint density at radius 3 is 2.36 bits per heavy atom. The summed E-state index contributed by atoms with van der Waals surface area (Å²) in [6.07, 6.45) is 5.86. The van der Waals surface area contributed by atoms with Gasteiger partial charge in [0.25, 0.3) is 0 Å². The van der Waals surface area contributed by atoms with Crippen LogP contribution in [-0.2, 0) is 0 Å². The van der Waals surface area contributed by atoms with Crippen LogP contribution in [0, 0.1) is 0 Å². The van der Waals surface area contributed by atoms with E-state index in [0.29, 0.717) is 6.04 Å². The van der Waals surface area contributed by atoms with E-state index in [1.165, 1.54) is 0 Å². The van der Waals surface area contributed by atoms with Gasteiger partial charge in [-0.3, -0.25) is 4.99 Å². The molecule has 0 radical (unpaired) electrons. The van der Waals surface area contributed by atoms with Crippen molar-refractivity contribution in [1.29, 1.82) is 0 Å². The van der Waals surface area contributed by atoms with Crippen LogP contribution in [0.25, 0.3) is 0 Å². The van der Waals surface area contributed by atoms with Gasteiger partial charge in [-0.1, -0.05) is 0 Å². The van der Waals surface area contributed by atoms with Crippen LogP contribution in [0.2, 0.25) is 0 Å². The van der Waals surface area contributed by atoms with E-state index >= 15 is 0 Å². The molecule has 0 atom stereocenters. The van der Waals surface area contributed by atoms with Gasteiger partial charge in [-0.05, 0) is 27.7 Å². The molecule has 0 fully saturated rings. The maximum atomic E-state index is 4.12. The molecule has 1 aliphatic heterocycles. The predicted octanol–water partition coefficient (Wildman–Crippen LogP) is 2.03. The van der Waals surface area contributed by atoms with Gasteiger partial charge in [0.2, 0.25) is 0 Å². The first kappa shape index (κ1) is 8.31. The van der Waals surface area contributed by atoms with Crippen LogP contribution in [0.1, 0.15) is 27.7 Å². The lowest BCUT2D eigenvalue weighted by Crippen LogP contribution is -2.46. The molecule has 0 bridgehead atoms. The van der Waals surface area contributed by atoms with Crippen molar-refractivity contribution in [1.82, 2.24) is 4.90 Å². The second kappa shape index (κ2) is 2.68. The summed E-state index contributed by atoms with van der Waals surface area (Å²) in [7, 11) is 0. The first-order valence-corrected chi connectivity index (χ1v) is 4.03. The Bertz CT molecular complexity index is 190. The molecule has 0 spiro atoms. The van der Waals surface area contributed by atoms with E-state index in [1.54, 1.807) is 0 Å². The molecule has 62 valence electrons. The van der Waals surface area contributed by atoms with Crippen LogP contribution in [0.3, 0.4) is 0 Å². The zero-order chi connectivity index (χ0) is 8.48. The summed E-state index contributed by atoms with van der Waals surface area (Å²) >= 11 is 0. The van der Waals surface area contributed by atoms with Crippen LogP contribution >= 0.6 is 0 Å². The second-order valence-electron chi connectivity index (χ2n) is 3.73. The van der Waals surface area contributed by atoms with Gasteiger partial charge < -0.3 is 4.90 Å². The Hall–Kier alpha value is -0.790. The standard InChI is InChI=1S/C9H16N2/c1-8(2)11-6-5-10-7-9(11,3)4/h5-8H,1-4H3. The van der Waals surface area contributed by atoms with Crippen LogP contribution in [0.4, 0.5) is 0 Å². The maximum Gasteiger partial charge on any atom is 0.0697 e. The van der Waals surface area contributed by atoms with Gasteiger partial charge in [-0.25, -0.2) is 0 Å². The van der Waals surface area contributed by atoms with Gasteiger partial charge in [0.1, 0.15) is 0 Å². The summed E-state index contributed by atoms with van der Waals surface area (Å²) in [5, 5.41) is 0. The number of aliphatic imine (C=N–C) groups is 1. The summed E-state index contributed by atoms with van der Waals surface area (Å²) in [5.41, 5.74) is 0.0723. The lowest BCUT2D eigenvalue weighted by molar-refractivity contribution is 0.209. The molecule has 0 saturated heterocycles. The molecular formula is C9H16N2. The molecule has 2 heteroatoms. The summed E-state index contributed by atoms with van der Waals surface area (Å²) in [4.78, 5) is 6.41. The van der Waals surface area contributed by atoms with Crippen LogP contribution in [-0.4, -0.2) is 22.7 Å². The van der Waals surface area contributed by atoms with E-state index in [4.69, 9.17) is 0 Å². The fourth-order valence-electron chi connectivity index (χ4n) is 1.43. The highest BCUT2D eigenvalue weighted by Gasteiger charge is 2.25. The quantitative estimate of drug-likeness (QED) is 0.561. The highest BCUT2D eigenvalue weighted by molar-refractivity contribution is 5.70. The molecule has 0 aliphatic carbocycles. The van der Waals surface area contributed by atoms with Gasteiger partial charge in [-0.15, -0.1) is 0 Å². The van der Waals surface area contributed by atoms with Crippen LogP contribution < -0.4 is 0 Å². The third kappa shape index (κ3) is 1.62. The first-order chi connectivity index (χ1) is 5.04. The SMILES string of the molecule is CC(C)N1C=CN=CC1(C)C. The van der Waals surface area contributed by atoms with Crippen molar-refractivity contribution < 1.29 is 0 Å². The molecule has 1 heterocycles. The van der Waals surface area contributed by atoms with E-state index < -0.39 is 0 Å². The minimum atomic E-state index is 0.0723. The molecule has 0 unspecified atom stereocenters. The average molecular weight is 152 g/mol. The minimum absolute atomic E-state index is 0.0723. The molecule has 0 N–H and O–H groups in total. The Labute approximate surface area is 68.6 Å². The van der Waals surface area contributed by atoms with Crippen LogP contribution in [0.15, 0.2) is 17.4 Å². The van der Waals surface area contributed by atoms with Crippen LogP contribution in [0.5, 0.6) is 0 Å². The fraction of sp³-hybridized carbons (Fsp3) is 0.667. The van der Waals surface area contributed by atoms with Crippen molar-refractivity contribution >= 4 is 6.21 Å². The van der Waals surface area contributed by atoms with Gasteiger partial charge in [0, 0.05) is 24.7 Å². The molecular weight excluding hydrogens is 136 g/mol. The monoisotopic (exact) mass is 152 g/mol. The summed E-state index contributed by atoms with van der Waals surface area (Å²) in [6.45, 7) is 8.70. The summed E-state index contributed by atoms with van der Waals surface area (Å²) in [5.74, 6) is 0. The van der Waals surface area contributed by atoms with E-state index in [9.17, 15) is 0 Å². The number of rotatable bonds is 1. The molecule has 1 rings (SSSR count). The number of nitrogens with zero attached hydrogens (tertiary/aromatic N) is 2. The van der Waals surface area contributed by atoms with Crippen molar-refractivity contribution in [3.63, 3.8) is 0 Å². The molecule has 0 aromatic rings. The summed E-state index contributed by atoms with van der Waals surface area (Å²) in [6, 6.07) is 0.535. The Balaban J connectivity index is 2.80. The molecule has 0 amide bonds. The molecule has 1 aliphatic rings. The van der Waals surface area contributed by atoms with E-state index in [0.717, 1.165) is 0 Å². The van der Waals surface area contributed by atoms with Crippen molar-refractivity contribution in [2.45, 2.75) is 39.3 Å². The molecule has 0 aromatic heterocycles. The molecule has 11 heavy (non-hydrogen) atoms. The van der Waals surface area contributed by atoms with E-state index in [1.807, 2.05) is 18.6 Å². The molecule has 0 aromatic carbocycles. The van der Waals surface area contributed by atoms with Crippen molar-refractivity contribution in [3.8, 4) is 0 Å². The van der Waals surface area contributed by atoms with Gasteiger partial charge in [-0.2, -0.15) is 0 Å². The van der Waals surface area contributed by atoms with Crippen molar-refractivity contribution in [3.05, 3.63) is 12.4 Å². The van der Waals surface area contributed by atoms with Gasteiger partial charge in [0.05, 0.1) is 5.54 Å². The zero-order valence-electron chi connectivity index (χ0n) is 7.70. The number of hydrogen-bond acceptors (Lipinski definition) is 2. The smallest absolute Gasteiger partial charge is 0.0697 e. The Morgan fingerprint density at radius 2 is 2.00 bits per heavy atom. The minimum Gasteiger partial charge on any atom is -0.364 e. The Kier molecular flexibility index (Phi) is 2.03. The van der Waals surface area contributed by atoms with E-state index in [-0.39, 0.29) is 5.54 Å². The lowest BCUT2D eigenvalue weighted by atomic mass is 10.0. The second-order valence-corrected chi connectivity index (χ2v) is 3.73. The van der Waals surface area contributed by atoms with Crippen molar-refractivity contribution in [2.75, 3.05) is 0 Å². The fourth-order valence-corrected chi connectivity index (χ4v) is 1.43. The third-order valence-electron chi connectivity index (χ3n) is 1.93. The largest absolute Gasteiger partial charge is 0.364 e. The highest BCUT2D eigenvalue weighted by Crippen LogP contribution is 2.18. The Morgan fingerprint density at radius 1 is 1.36 bits per heavy atom. The number of hydrogen-bond donors (Lipinski definition) is 0. The summed E-state index contributed by atoms with van der Waals surface area (Å²) < 4.78 is 0. The van der Waals surface area contributed by atoms with E-state index in [2.05, 4.69) is 37.6 Å². The first-order valence-electron chi connectivity index (χ1n) is 4.03. The topological polar surface area (TPSA) is 15.6 Å². The van der Waals surface area contributed by atoms with Crippen molar-refractivity contribution in [2.24, 2.45) is 4.99 Å². The average Bonchev–Trinajstić information content (AvgIpc) is 1.85. The van der Waals surface area contributed by atoms with Gasteiger partial charge >= 0.3 is 0 Å². The predicted molar refractivity (Wildman–Crippen MR) is 48.7 cm³/mol. The third-order valence-corrected chi connectivity index (χ3v) is 1.93. The normalized spacial score (nSPS) is 21.4. The lowest BCUT2D eigenvalue weighted by Gasteiger charge is -2.39.